The second kappa shape index (κ2) is 11.6. The van der Waals surface area contributed by atoms with Gasteiger partial charge in [0.1, 0.15) is 0 Å². The summed E-state index contributed by atoms with van der Waals surface area (Å²) in [4.78, 5) is 29.7. The highest BCUT2D eigenvalue weighted by Gasteiger charge is 2.31. The molecule has 6 nitrogen and oxygen atoms in total. The molecule has 2 N–H and O–H groups in total. The van der Waals surface area contributed by atoms with Gasteiger partial charge >= 0.3 is 5.97 Å². The van der Waals surface area contributed by atoms with Crippen LogP contribution in [0.5, 0.6) is 0 Å². The molecule has 0 aromatic heterocycles. The fourth-order valence-electron chi connectivity index (χ4n) is 2.57. The molecule has 0 aliphatic rings. The second-order valence-electron chi connectivity index (χ2n) is 6.14. The van der Waals surface area contributed by atoms with Crippen molar-refractivity contribution >= 4 is 11.9 Å². The smallest absolute Gasteiger partial charge is 0.329 e. The van der Waals surface area contributed by atoms with Crippen molar-refractivity contribution in [1.29, 1.82) is 0 Å². The Bertz CT molecular complexity index is 520. The fraction of sp³-hybridized carbons (Fsp3) is 0.579. The number of carboxylic acid groups (broad SMARTS) is 1. The molecule has 0 aliphatic carbocycles. The van der Waals surface area contributed by atoms with Gasteiger partial charge in [0.25, 0.3) is 0 Å². The van der Waals surface area contributed by atoms with Crippen molar-refractivity contribution in [3.63, 3.8) is 0 Å². The van der Waals surface area contributed by atoms with Crippen molar-refractivity contribution in [3.05, 3.63) is 35.9 Å². The minimum absolute atomic E-state index is 0.0565. The minimum atomic E-state index is -1.18. The van der Waals surface area contributed by atoms with Gasteiger partial charge in [-0.25, -0.2) is 9.86 Å². The molecule has 6 heteroatoms. The van der Waals surface area contributed by atoms with E-state index < -0.39 is 12.0 Å². The summed E-state index contributed by atoms with van der Waals surface area (Å²) in [6.45, 7) is 3.93. The van der Waals surface area contributed by atoms with Crippen molar-refractivity contribution < 1.29 is 24.6 Å². The Morgan fingerprint density at radius 2 is 1.88 bits per heavy atom. The van der Waals surface area contributed by atoms with Crippen LogP contribution in [-0.4, -0.2) is 46.4 Å². The Hall–Kier alpha value is -1.92. The van der Waals surface area contributed by atoms with Crippen molar-refractivity contribution in [3.8, 4) is 0 Å². The van der Waals surface area contributed by atoms with E-state index in [2.05, 4.69) is 6.92 Å². The number of unbranched alkanes of at least 4 members (excludes halogenated alkanes) is 2. The van der Waals surface area contributed by atoms with E-state index in [9.17, 15) is 14.7 Å². The Balaban J connectivity index is 2.80. The number of rotatable bonds is 12. The van der Waals surface area contributed by atoms with Crippen LogP contribution in [0.2, 0.25) is 0 Å². The van der Waals surface area contributed by atoms with Crippen LogP contribution in [0.1, 0.15) is 57.4 Å². The van der Waals surface area contributed by atoms with E-state index in [0.29, 0.717) is 0 Å². The van der Waals surface area contributed by atoms with E-state index >= 15 is 0 Å². The van der Waals surface area contributed by atoms with Gasteiger partial charge in [0.15, 0.2) is 6.04 Å². The van der Waals surface area contributed by atoms with Gasteiger partial charge in [0.05, 0.1) is 6.61 Å². The zero-order valence-electron chi connectivity index (χ0n) is 15.1. The number of benzene rings is 1. The highest BCUT2D eigenvalue weighted by atomic mass is 16.7. The molecular weight excluding hydrogens is 322 g/mol. The molecule has 0 heterocycles. The minimum Gasteiger partial charge on any atom is -0.480 e. The lowest BCUT2D eigenvalue weighted by Crippen LogP contribution is -2.46. The van der Waals surface area contributed by atoms with E-state index in [4.69, 9.17) is 9.94 Å². The third-order valence-corrected chi connectivity index (χ3v) is 4.04. The van der Waals surface area contributed by atoms with Crippen molar-refractivity contribution in [2.45, 2.75) is 57.9 Å². The van der Waals surface area contributed by atoms with E-state index in [0.717, 1.165) is 29.9 Å². The fourth-order valence-corrected chi connectivity index (χ4v) is 2.57. The average Bonchev–Trinajstić information content (AvgIpc) is 2.60. The Labute approximate surface area is 149 Å². The van der Waals surface area contributed by atoms with Crippen LogP contribution in [0.3, 0.4) is 0 Å². The van der Waals surface area contributed by atoms with Gasteiger partial charge in [-0.1, -0.05) is 57.0 Å². The van der Waals surface area contributed by atoms with Crippen LogP contribution in [0, 0.1) is 0 Å². The number of aliphatic carboxylic acids is 1. The standard InChI is InChI=1S/C19H29NO5/c1-3-4-8-13-25-20(17(11-12-21)19(23)24)18(22)14-15(2)16-9-6-5-7-10-16/h5-7,9-10,15,17,21H,3-4,8,11-14H2,1-2H3,(H,23,24)/t15?,17-/m0/s1. The number of hydrogen-bond acceptors (Lipinski definition) is 4. The predicted octanol–water partition coefficient (Wildman–Crippen LogP) is 2.97. The van der Waals surface area contributed by atoms with Crippen LogP contribution in [-0.2, 0) is 14.4 Å². The van der Waals surface area contributed by atoms with Gasteiger partial charge in [-0.15, -0.1) is 0 Å². The molecule has 0 aliphatic heterocycles. The van der Waals surface area contributed by atoms with Crippen LogP contribution in [0.4, 0.5) is 0 Å². The summed E-state index contributed by atoms with van der Waals surface area (Å²) in [6, 6.07) is 8.41. The largest absolute Gasteiger partial charge is 0.480 e. The van der Waals surface area contributed by atoms with Gasteiger partial charge in [0, 0.05) is 19.4 Å². The van der Waals surface area contributed by atoms with Crippen LogP contribution in [0.25, 0.3) is 0 Å². The maximum Gasteiger partial charge on any atom is 0.329 e. The van der Waals surface area contributed by atoms with Crippen molar-refractivity contribution in [2.75, 3.05) is 13.2 Å². The van der Waals surface area contributed by atoms with Crippen LogP contribution >= 0.6 is 0 Å². The number of carbonyl (C=O) groups excluding carboxylic acids is 1. The number of amides is 1. The number of nitrogens with zero attached hydrogens (tertiary/aromatic N) is 1. The molecule has 0 saturated carbocycles. The highest BCUT2D eigenvalue weighted by Crippen LogP contribution is 2.21. The SMILES string of the molecule is CCCCCON(C(=O)CC(C)c1ccccc1)[C@@H](CCO)C(=O)O. The molecule has 0 bridgehead atoms. The van der Waals surface area contributed by atoms with Crippen molar-refractivity contribution in [2.24, 2.45) is 0 Å². The molecule has 0 radical (unpaired) electrons. The van der Waals surface area contributed by atoms with Gasteiger partial charge < -0.3 is 10.2 Å². The summed E-state index contributed by atoms with van der Waals surface area (Å²) >= 11 is 0. The molecule has 1 aromatic rings. The van der Waals surface area contributed by atoms with E-state index in [1.54, 1.807) is 0 Å². The van der Waals surface area contributed by atoms with Gasteiger partial charge in [-0.2, -0.15) is 0 Å². The summed E-state index contributed by atoms with van der Waals surface area (Å²) in [7, 11) is 0. The Morgan fingerprint density at radius 1 is 1.20 bits per heavy atom. The Kier molecular flexibility index (Phi) is 9.80. The summed E-state index contributed by atoms with van der Waals surface area (Å²) in [5.74, 6) is -1.61. The molecule has 140 valence electrons. The average molecular weight is 351 g/mol. The summed E-state index contributed by atoms with van der Waals surface area (Å²) in [5, 5.41) is 19.5. The van der Waals surface area contributed by atoms with Gasteiger partial charge in [0.2, 0.25) is 5.91 Å². The highest BCUT2D eigenvalue weighted by molar-refractivity contribution is 5.83. The van der Waals surface area contributed by atoms with E-state index in [1.165, 1.54) is 0 Å². The third-order valence-electron chi connectivity index (χ3n) is 4.04. The monoisotopic (exact) mass is 351 g/mol. The molecule has 2 atom stereocenters. The summed E-state index contributed by atoms with van der Waals surface area (Å²) in [5.41, 5.74) is 1.01. The molecule has 1 unspecified atom stereocenters. The van der Waals surface area contributed by atoms with Crippen LogP contribution in [0.15, 0.2) is 30.3 Å². The molecule has 1 amide bonds. The zero-order valence-corrected chi connectivity index (χ0v) is 15.1. The quantitative estimate of drug-likeness (QED) is 0.446. The van der Waals surface area contributed by atoms with E-state index in [-0.39, 0.29) is 37.9 Å². The first-order valence-corrected chi connectivity index (χ1v) is 8.84. The first-order chi connectivity index (χ1) is 12.0. The van der Waals surface area contributed by atoms with Gasteiger partial charge in [-0.3, -0.25) is 9.63 Å². The summed E-state index contributed by atoms with van der Waals surface area (Å²) in [6.07, 6.45) is 2.78. The first-order valence-electron chi connectivity index (χ1n) is 8.84. The first kappa shape index (κ1) is 21.1. The van der Waals surface area contributed by atoms with E-state index in [1.807, 2.05) is 37.3 Å². The lowest BCUT2D eigenvalue weighted by Gasteiger charge is -2.28. The molecule has 1 aromatic carbocycles. The van der Waals surface area contributed by atoms with Crippen molar-refractivity contribution in [1.82, 2.24) is 5.06 Å². The number of carbonyl (C=O) groups is 2. The maximum atomic E-state index is 12.7. The molecule has 0 fully saturated rings. The number of hydroxylamine groups is 2. The van der Waals surface area contributed by atoms with Gasteiger partial charge in [-0.05, 0) is 17.9 Å². The molecule has 1 rings (SSSR count). The zero-order chi connectivity index (χ0) is 18.7. The molecule has 25 heavy (non-hydrogen) atoms. The topological polar surface area (TPSA) is 87.1 Å². The Morgan fingerprint density at radius 3 is 2.44 bits per heavy atom. The molecule has 0 spiro atoms. The molecule has 0 saturated heterocycles. The number of hydrogen-bond donors (Lipinski definition) is 2. The lowest BCUT2D eigenvalue weighted by atomic mass is 9.97. The number of aliphatic hydroxyl groups excluding tert-OH is 1. The number of carboxylic acids is 1. The normalized spacial score (nSPS) is 13.2. The summed E-state index contributed by atoms with van der Waals surface area (Å²) < 4.78 is 0. The third kappa shape index (κ3) is 7.23. The lowest BCUT2D eigenvalue weighted by molar-refractivity contribution is -0.209. The second-order valence-corrected chi connectivity index (χ2v) is 6.14. The maximum absolute atomic E-state index is 12.7. The van der Waals surface area contributed by atoms with Crippen LogP contribution < -0.4 is 0 Å². The predicted molar refractivity (Wildman–Crippen MR) is 94.9 cm³/mol. The molecular formula is C19H29NO5. The number of aliphatic hydroxyl groups is 1.